The molecule has 2 heterocycles. The maximum atomic E-state index is 13.6. The van der Waals surface area contributed by atoms with Crippen LogP contribution in [-0.4, -0.2) is 36.0 Å². The molecule has 8 heteroatoms. The maximum absolute atomic E-state index is 13.6. The van der Waals surface area contributed by atoms with Gasteiger partial charge in [-0.3, -0.25) is 5.32 Å². The van der Waals surface area contributed by atoms with Crippen LogP contribution >= 0.6 is 0 Å². The fourth-order valence-corrected chi connectivity index (χ4v) is 4.26. The molecule has 174 valence electrons. The normalized spacial score (nSPS) is 15.2. The number of hydrogen-bond donors (Lipinski definition) is 1. The van der Waals surface area contributed by atoms with E-state index in [4.69, 9.17) is 0 Å². The fourth-order valence-electron chi connectivity index (χ4n) is 4.26. The third-order valence-corrected chi connectivity index (χ3v) is 6.16. The number of aromatic nitrogens is 6. The van der Waals surface area contributed by atoms with Gasteiger partial charge in [0.1, 0.15) is 11.9 Å². The highest BCUT2D eigenvalue weighted by atomic mass is 19.1. The molecule has 1 N–H and O–H groups in total. The summed E-state index contributed by atoms with van der Waals surface area (Å²) in [5, 5.41) is 21.1. The lowest BCUT2D eigenvalue weighted by Gasteiger charge is -2.25. The molecule has 34 heavy (non-hydrogen) atoms. The van der Waals surface area contributed by atoms with E-state index in [2.05, 4.69) is 56.8 Å². The predicted octanol–water partition coefficient (Wildman–Crippen LogP) is 4.27. The Hall–Kier alpha value is -3.65. The molecular weight excluding hydrogens is 429 g/mol. The van der Waals surface area contributed by atoms with Crippen LogP contribution in [0.5, 0.6) is 0 Å². The summed E-state index contributed by atoms with van der Waals surface area (Å²) in [6.45, 7) is 4.78. The first kappa shape index (κ1) is 22.2. The minimum absolute atomic E-state index is 0.104. The Morgan fingerprint density at radius 3 is 2.62 bits per heavy atom. The van der Waals surface area contributed by atoms with Crippen molar-refractivity contribution in [3.05, 3.63) is 102 Å². The Bertz CT molecular complexity index is 1210. The summed E-state index contributed by atoms with van der Waals surface area (Å²) in [4.78, 5) is 0. The Labute approximate surface area is 198 Å². The average molecular weight is 458 g/mol. The molecule has 0 aliphatic heterocycles. The molecule has 2 aromatic carbocycles. The number of benzene rings is 2. The molecule has 0 radical (unpaired) electrons. The molecule has 0 bridgehead atoms. The van der Waals surface area contributed by atoms with Crippen LogP contribution in [0.15, 0.2) is 79.5 Å². The first-order valence-electron chi connectivity index (χ1n) is 11.7. The van der Waals surface area contributed by atoms with Crippen LogP contribution < -0.4 is 5.32 Å². The summed E-state index contributed by atoms with van der Waals surface area (Å²) in [7, 11) is 0. The summed E-state index contributed by atoms with van der Waals surface area (Å²) in [5.41, 5.74) is 2.91. The summed E-state index contributed by atoms with van der Waals surface area (Å²) >= 11 is 0. The van der Waals surface area contributed by atoms with Crippen LogP contribution in [0.3, 0.4) is 0 Å². The second kappa shape index (κ2) is 10.1. The summed E-state index contributed by atoms with van der Waals surface area (Å²) in [5.74, 6) is 1.09. The lowest BCUT2D eigenvalue weighted by Crippen LogP contribution is -2.37. The van der Waals surface area contributed by atoms with E-state index in [0.717, 1.165) is 36.6 Å². The van der Waals surface area contributed by atoms with Crippen molar-refractivity contribution in [1.82, 2.24) is 35.3 Å². The predicted molar refractivity (Wildman–Crippen MR) is 128 cm³/mol. The Morgan fingerprint density at radius 2 is 1.88 bits per heavy atom. The monoisotopic (exact) mass is 457 g/mol. The van der Waals surface area contributed by atoms with Crippen LogP contribution in [0.4, 0.5) is 4.39 Å². The van der Waals surface area contributed by atoms with Gasteiger partial charge in [-0.1, -0.05) is 36.4 Å². The Morgan fingerprint density at radius 1 is 1.09 bits per heavy atom. The highest BCUT2D eigenvalue weighted by molar-refractivity contribution is 5.35. The molecule has 1 fully saturated rings. The number of nitrogens with one attached hydrogen (secondary N) is 1. The Balaban J connectivity index is 1.52. The molecule has 0 amide bonds. The summed E-state index contributed by atoms with van der Waals surface area (Å²) in [6, 6.07) is 18.5. The van der Waals surface area contributed by atoms with Crippen molar-refractivity contribution in [2.45, 2.75) is 44.3 Å². The third kappa shape index (κ3) is 5.12. The van der Waals surface area contributed by atoms with E-state index in [1.54, 1.807) is 18.3 Å². The van der Waals surface area contributed by atoms with Crippen molar-refractivity contribution in [3.63, 3.8) is 0 Å². The molecule has 1 aliphatic carbocycles. The van der Waals surface area contributed by atoms with Crippen molar-refractivity contribution in [2.75, 3.05) is 0 Å². The lowest BCUT2D eigenvalue weighted by atomic mass is 10.0. The average Bonchev–Trinajstić information content (AvgIpc) is 3.33. The molecule has 1 saturated carbocycles. The third-order valence-electron chi connectivity index (χ3n) is 6.16. The fraction of sp³-hybridized carbons (Fsp3) is 0.308. The first-order chi connectivity index (χ1) is 16.7. The molecule has 7 nitrogen and oxygen atoms in total. The van der Waals surface area contributed by atoms with Gasteiger partial charge < -0.3 is 0 Å². The van der Waals surface area contributed by atoms with Gasteiger partial charge in [0.25, 0.3) is 0 Å². The zero-order valence-electron chi connectivity index (χ0n) is 19.0. The number of hydrogen-bond acceptors (Lipinski definition) is 5. The number of halogens is 1. The van der Waals surface area contributed by atoms with E-state index in [-0.39, 0.29) is 17.9 Å². The van der Waals surface area contributed by atoms with Gasteiger partial charge >= 0.3 is 0 Å². The zero-order valence-corrected chi connectivity index (χ0v) is 19.0. The van der Waals surface area contributed by atoms with Crippen LogP contribution in [0, 0.1) is 11.7 Å². The van der Waals surface area contributed by atoms with E-state index in [1.165, 1.54) is 30.5 Å². The molecule has 0 saturated heterocycles. The number of nitrogens with zero attached hydrogens (tertiary/aromatic N) is 6. The van der Waals surface area contributed by atoms with Crippen LogP contribution in [0.2, 0.25) is 0 Å². The quantitative estimate of drug-likeness (QED) is 0.341. The topological polar surface area (TPSA) is 73.5 Å². The van der Waals surface area contributed by atoms with E-state index in [9.17, 15) is 4.39 Å². The van der Waals surface area contributed by atoms with Gasteiger partial charge in [0.05, 0.1) is 11.4 Å². The van der Waals surface area contributed by atoms with Crippen molar-refractivity contribution >= 4 is 0 Å². The van der Waals surface area contributed by atoms with Crippen LogP contribution in [-0.2, 0) is 13.0 Å². The van der Waals surface area contributed by atoms with E-state index in [1.807, 2.05) is 27.6 Å². The second-order valence-corrected chi connectivity index (χ2v) is 8.82. The molecule has 2 atom stereocenters. The Kier molecular flexibility index (Phi) is 6.58. The van der Waals surface area contributed by atoms with Gasteiger partial charge in [-0.05, 0) is 77.9 Å². The second-order valence-electron chi connectivity index (χ2n) is 8.82. The molecule has 1 aliphatic rings. The van der Waals surface area contributed by atoms with E-state index < -0.39 is 0 Å². The van der Waals surface area contributed by atoms with Gasteiger partial charge in [0.2, 0.25) is 0 Å². The standard InChI is InChI=1S/C26H28FN7/c1-2-6-22(17-19-7-4-3-5-8-19)29-25(26-30-31-32-33(26)18-20-9-10-20)24-15-16-28-34(24)23-13-11-21(27)12-14-23/h2-5,7-8,11-16,20,22,25,29H,1,6,9-10,17-18H2. The summed E-state index contributed by atoms with van der Waals surface area (Å²) < 4.78 is 17.3. The van der Waals surface area contributed by atoms with Crippen LogP contribution in [0.1, 0.15) is 42.4 Å². The van der Waals surface area contributed by atoms with Gasteiger partial charge in [0, 0.05) is 18.8 Å². The minimum atomic E-state index is -0.310. The molecule has 5 rings (SSSR count). The largest absolute Gasteiger partial charge is 0.299 e. The molecule has 0 spiro atoms. The van der Waals surface area contributed by atoms with Crippen LogP contribution in [0.25, 0.3) is 5.69 Å². The molecule has 4 aromatic rings. The SMILES string of the molecule is C=CCC(Cc1ccccc1)NC(c1nnnn1CC1CC1)c1ccnn1-c1ccc(F)cc1. The van der Waals surface area contributed by atoms with E-state index >= 15 is 0 Å². The van der Waals surface area contributed by atoms with Gasteiger partial charge in [-0.25, -0.2) is 13.8 Å². The number of rotatable bonds is 11. The van der Waals surface area contributed by atoms with Crippen molar-refractivity contribution in [2.24, 2.45) is 5.92 Å². The summed E-state index contributed by atoms with van der Waals surface area (Å²) in [6.07, 6.45) is 7.71. The molecule has 2 aromatic heterocycles. The van der Waals surface area contributed by atoms with E-state index in [0.29, 0.717) is 5.92 Å². The van der Waals surface area contributed by atoms with Crippen molar-refractivity contribution in [1.29, 1.82) is 0 Å². The highest BCUT2D eigenvalue weighted by Crippen LogP contribution is 2.32. The van der Waals surface area contributed by atoms with Gasteiger partial charge in [-0.2, -0.15) is 5.10 Å². The van der Waals surface area contributed by atoms with Gasteiger partial charge in [0.15, 0.2) is 5.82 Å². The maximum Gasteiger partial charge on any atom is 0.174 e. The van der Waals surface area contributed by atoms with Crippen molar-refractivity contribution in [3.8, 4) is 5.69 Å². The highest BCUT2D eigenvalue weighted by Gasteiger charge is 2.30. The minimum Gasteiger partial charge on any atom is -0.299 e. The first-order valence-corrected chi connectivity index (χ1v) is 11.7. The molecule has 2 unspecified atom stereocenters. The zero-order chi connectivity index (χ0) is 23.3. The van der Waals surface area contributed by atoms with Crippen molar-refractivity contribution < 1.29 is 4.39 Å². The number of tetrazole rings is 1. The smallest absolute Gasteiger partial charge is 0.174 e. The molecular formula is C26H28FN7. The lowest BCUT2D eigenvalue weighted by molar-refractivity contribution is 0.419. The van der Waals surface area contributed by atoms with Gasteiger partial charge in [-0.15, -0.1) is 11.7 Å².